The van der Waals surface area contributed by atoms with E-state index in [0.29, 0.717) is 29.9 Å². The molecule has 2 aromatic carbocycles. The number of hydrogen-bond donors (Lipinski definition) is 3. The molecule has 26 heavy (non-hydrogen) atoms. The van der Waals surface area contributed by atoms with Crippen LogP contribution >= 0.6 is 0 Å². The van der Waals surface area contributed by atoms with Crippen molar-refractivity contribution < 1.29 is 14.4 Å². The Hall–Kier alpha value is -2.99. The van der Waals surface area contributed by atoms with E-state index in [1.54, 1.807) is 36.4 Å². The van der Waals surface area contributed by atoms with Gasteiger partial charge in [-0.1, -0.05) is 42.0 Å². The minimum absolute atomic E-state index is 0.0471. The number of nitrogens with two attached hydrogens (primary N) is 1. The van der Waals surface area contributed by atoms with Gasteiger partial charge in [-0.3, -0.25) is 14.4 Å². The highest BCUT2D eigenvalue weighted by molar-refractivity contribution is 6.05. The average Bonchev–Trinajstić information content (AvgIpc) is 2.65. The normalized spacial score (nSPS) is 10.2. The van der Waals surface area contributed by atoms with Gasteiger partial charge in [-0.05, 0) is 19.1 Å². The van der Waals surface area contributed by atoms with E-state index in [1.807, 2.05) is 19.1 Å². The molecule has 0 unspecified atom stereocenters. The van der Waals surface area contributed by atoms with Gasteiger partial charge in [0.15, 0.2) is 5.78 Å². The number of nitrogens with one attached hydrogen (secondary N) is 2. The number of rotatable bonds is 8. The molecule has 0 saturated heterocycles. The summed E-state index contributed by atoms with van der Waals surface area (Å²) in [6.07, 6.45) is 0.155. The zero-order chi connectivity index (χ0) is 18.9. The van der Waals surface area contributed by atoms with Gasteiger partial charge in [0, 0.05) is 31.5 Å². The largest absolute Gasteiger partial charge is 0.351 e. The molecule has 2 rings (SSSR count). The summed E-state index contributed by atoms with van der Waals surface area (Å²) >= 11 is 0. The first-order chi connectivity index (χ1) is 12.5. The maximum absolute atomic E-state index is 12.2. The monoisotopic (exact) mass is 353 g/mol. The van der Waals surface area contributed by atoms with Gasteiger partial charge in [-0.25, -0.2) is 0 Å². The number of para-hydroxylation sites is 1. The van der Waals surface area contributed by atoms with Crippen molar-refractivity contribution in [2.75, 3.05) is 18.4 Å². The van der Waals surface area contributed by atoms with E-state index < -0.39 is 0 Å². The number of hydrogen-bond acceptors (Lipinski definition) is 4. The molecule has 136 valence electrons. The molecular formula is C20H23N3O3. The Morgan fingerprint density at radius 2 is 1.65 bits per heavy atom. The lowest BCUT2D eigenvalue weighted by molar-refractivity contribution is -0.116. The molecule has 0 aliphatic rings. The fraction of sp³-hybridized carbons (Fsp3) is 0.250. The SMILES string of the molecule is Cc1ccc(C(=O)CCC(=O)Nc2ccccc2C(=O)NCCN)cc1. The number of anilines is 1. The molecule has 6 nitrogen and oxygen atoms in total. The van der Waals surface area contributed by atoms with Crippen LogP contribution < -0.4 is 16.4 Å². The third-order valence-corrected chi connectivity index (χ3v) is 3.83. The number of aryl methyl sites for hydroxylation is 1. The highest BCUT2D eigenvalue weighted by atomic mass is 16.2. The summed E-state index contributed by atoms with van der Waals surface area (Å²) < 4.78 is 0. The predicted molar refractivity (Wildman–Crippen MR) is 101 cm³/mol. The summed E-state index contributed by atoms with van der Waals surface area (Å²) in [4.78, 5) is 36.4. The fourth-order valence-corrected chi connectivity index (χ4v) is 2.39. The van der Waals surface area contributed by atoms with E-state index in [0.717, 1.165) is 5.56 Å². The van der Waals surface area contributed by atoms with Crippen LogP contribution in [0, 0.1) is 6.92 Å². The van der Waals surface area contributed by atoms with Gasteiger partial charge < -0.3 is 16.4 Å². The van der Waals surface area contributed by atoms with E-state index in [-0.39, 0.29) is 30.4 Å². The van der Waals surface area contributed by atoms with Gasteiger partial charge in [-0.15, -0.1) is 0 Å². The van der Waals surface area contributed by atoms with Crippen molar-refractivity contribution >= 4 is 23.3 Å². The van der Waals surface area contributed by atoms with E-state index >= 15 is 0 Å². The molecule has 0 atom stereocenters. The Kier molecular flexibility index (Phi) is 7.05. The third-order valence-electron chi connectivity index (χ3n) is 3.83. The van der Waals surface area contributed by atoms with Crippen LogP contribution in [0.5, 0.6) is 0 Å². The second-order valence-electron chi connectivity index (χ2n) is 5.93. The van der Waals surface area contributed by atoms with Crippen LogP contribution in [0.25, 0.3) is 0 Å². The summed E-state index contributed by atoms with van der Waals surface area (Å²) in [5.74, 6) is -0.708. The van der Waals surface area contributed by atoms with Crippen LogP contribution in [0.2, 0.25) is 0 Å². The van der Waals surface area contributed by atoms with E-state index in [9.17, 15) is 14.4 Å². The molecule has 0 radical (unpaired) electrons. The average molecular weight is 353 g/mol. The maximum atomic E-state index is 12.2. The van der Waals surface area contributed by atoms with Gasteiger partial charge in [0.25, 0.3) is 5.91 Å². The molecule has 0 spiro atoms. The third kappa shape index (κ3) is 5.53. The molecular weight excluding hydrogens is 330 g/mol. The van der Waals surface area contributed by atoms with Crippen molar-refractivity contribution in [2.24, 2.45) is 5.73 Å². The number of carbonyl (C=O) groups is 3. The van der Waals surface area contributed by atoms with E-state index in [4.69, 9.17) is 5.73 Å². The minimum Gasteiger partial charge on any atom is -0.351 e. The fourth-order valence-electron chi connectivity index (χ4n) is 2.39. The summed E-state index contributed by atoms with van der Waals surface area (Å²) in [7, 11) is 0. The summed E-state index contributed by atoms with van der Waals surface area (Å²) in [5, 5.41) is 5.37. The quantitative estimate of drug-likeness (QED) is 0.634. The van der Waals surface area contributed by atoms with E-state index in [2.05, 4.69) is 10.6 Å². The molecule has 4 N–H and O–H groups in total. The van der Waals surface area contributed by atoms with Crippen molar-refractivity contribution in [3.8, 4) is 0 Å². The first kappa shape index (κ1) is 19.3. The van der Waals surface area contributed by atoms with Gasteiger partial charge in [0.1, 0.15) is 0 Å². The Labute approximate surface area is 152 Å². The Morgan fingerprint density at radius 1 is 0.962 bits per heavy atom. The van der Waals surface area contributed by atoms with Crippen LogP contribution in [0.3, 0.4) is 0 Å². The van der Waals surface area contributed by atoms with Crippen LogP contribution in [0.15, 0.2) is 48.5 Å². The van der Waals surface area contributed by atoms with Crippen molar-refractivity contribution in [1.82, 2.24) is 5.32 Å². The van der Waals surface area contributed by atoms with Gasteiger partial charge >= 0.3 is 0 Å². The molecule has 6 heteroatoms. The number of amides is 2. The highest BCUT2D eigenvalue weighted by Gasteiger charge is 2.14. The molecule has 0 heterocycles. The molecule has 2 aromatic rings. The van der Waals surface area contributed by atoms with Crippen molar-refractivity contribution in [3.05, 3.63) is 65.2 Å². The smallest absolute Gasteiger partial charge is 0.253 e. The van der Waals surface area contributed by atoms with Crippen LogP contribution in [0.4, 0.5) is 5.69 Å². The summed E-state index contributed by atoms with van der Waals surface area (Å²) in [5.41, 5.74) is 7.81. The van der Waals surface area contributed by atoms with Crippen LogP contribution in [-0.2, 0) is 4.79 Å². The summed E-state index contributed by atoms with van der Waals surface area (Å²) in [6.45, 7) is 2.64. The van der Waals surface area contributed by atoms with Gasteiger partial charge in [0.2, 0.25) is 5.91 Å². The molecule has 0 aliphatic carbocycles. The zero-order valence-corrected chi connectivity index (χ0v) is 14.7. The summed E-state index contributed by atoms with van der Waals surface area (Å²) in [6, 6.07) is 14.0. The topological polar surface area (TPSA) is 101 Å². The number of carbonyl (C=O) groups excluding carboxylic acids is 3. The highest BCUT2D eigenvalue weighted by Crippen LogP contribution is 2.16. The van der Waals surface area contributed by atoms with Gasteiger partial charge in [0.05, 0.1) is 11.3 Å². The van der Waals surface area contributed by atoms with Crippen LogP contribution in [0.1, 0.15) is 39.1 Å². The molecule has 0 bridgehead atoms. The Morgan fingerprint density at radius 3 is 2.35 bits per heavy atom. The maximum Gasteiger partial charge on any atom is 0.253 e. The minimum atomic E-state index is -0.315. The Bertz CT molecular complexity index is 785. The van der Waals surface area contributed by atoms with Crippen molar-refractivity contribution in [2.45, 2.75) is 19.8 Å². The second kappa shape index (κ2) is 9.48. The lowest BCUT2D eigenvalue weighted by atomic mass is 10.0. The molecule has 0 aliphatic heterocycles. The van der Waals surface area contributed by atoms with Crippen molar-refractivity contribution in [1.29, 1.82) is 0 Å². The molecule has 0 saturated carbocycles. The lowest BCUT2D eigenvalue weighted by Crippen LogP contribution is -2.30. The molecule has 0 fully saturated rings. The number of Topliss-reactive ketones (excluding diaryl/α,β-unsaturated/α-hetero) is 1. The zero-order valence-electron chi connectivity index (χ0n) is 14.7. The van der Waals surface area contributed by atoms with E-state index in [1.165, 1.54) is 0 Å². The molecule has 0 aromatic heterocycles. The second-order valence-corrected chi connectivity index (χ2v) is 5.93. The number of benzene rings is 2. The van der Waals surface area contributed by atoms with Gasteiger partial charge in [-0.2, -0.15) is 0 Å². The predicted octanol–water partition coefficient (Wildman–Crippen LogP) is 2.29. The number of ketones is 1. The Balaban J connectivity index is 1.94. The lowest BCUT2D eigenvalue weighted by Gasteiger charge is -2.11. The van der Waals surface area contributed by atoms with Crippen LogP contribution in [-0.4, -0.2) is 30.7 Å². The standard InChI is InChI=1S/C20H23N3O3/c1-14-6-8-15(9-7-14)18(24)10-11-19(25)23-17-5-3-2-4-16(17)20(26)22-13-12-21/h2-9H,10-13,21H2,1H3,(H,22,26)(H,23,25). The first-order valence-corrected chi connectivity index (χ1v) is 8.48. The first-order valence-electron chi connectivity index (χ1n) is 8.48. The van der Waals surface area contributed by atoms with Crippen molar-refractivity contribution in [3.63, 3.8) is 0 Å². The molecule has 2 amide bonds.